The fourth-order valence-electron chi connectivity index (χ4n) is 2.32. The quantitative estimate of drug-likeness (QED) is 0.908. The second-order valence-electron chi connectivity index (χ2n) is 4.94. The average molecular weight is 272 g/mol. The molecule has 3 rings (SSSR count). The number of aryl methyl sites for hydroxylation is 3. The number of nitrogens with zero attached hydrogens (tertiary/aromatic N) is 1. The molecule has 0 radical (unpaired) electrons. The van der Waals surface area contributed by atoms with Crippen molar-refractivity contribution in [1.29, 1.82) is 0 Å². The van der Waals surface area contributed by atoms with Crippen molar-refractivity contribution < 1.29 is 4.79 Å². The largest absolute Gasteiger partial charge is 0.306 e. The van der Waals surface area contributed by atoms with Crippen LogP contribution in [0.1, 0.15) is 38.5 Å². The van der Waals surface area contributed by atoms with Crippen molar-refractivity contribution in [3.05, 3.63) is 45.3 Å². The molecular weight excluding hydrogens is 256 g/mol. The summed E-state index contributed by atoms with van der Waals surface area (Å²) in [5.74, 6) is 0.567. The van der Waals surface area contributed by atoms with E-state index in [-0.39, 0.29) is 5.91 Å². The number of carbonyl (C=O) groups excluding carboxylic acids is 1. The summed E-state index contributed by atoms with van der Waals surface area (Å²) in [5.41, 5.74) is 2.45. The summed E-state index contributed by atoms with van der Waals surface area (Å²) in [4.78, 5) is 18.6. The number of hydrogen-bond acceptors (Lipinski definition) is 3. The Morgan fingerprint density at radius 2 is 2.16 bits per heavy atom. The molecule has 0 unspecified atom stereocenters. The first-order valence-corrected chi connectivity index (χ1v) is 7.39. The Morgan fingerprint density at radius 1 is 1.32 bits per heavy atom. The van der Waals surface area contributed by atoms with Crippen LogP contribution in [0.2, 0.25) is 0 Å². The van der Waals surface area contributed by atoms with E-state index in [4.69, 9.17) is 0 Å². The highest BCUT2D eigenvalue weighted by molar-refractivity contribution is 7.14. The standard InChI is InChI=1S/C15H16N2OS/c1-10-6-7-14(16-9-10)17-15(18)13-8-11-4-2-3-5-12(11)19-13/h6-9H,2-5H2,1H3,(H,16,17,18). The van der Waals surface area contributed by atoms with Gasteiger partial charge in [0, 0.05) is 11.1 Å². The Labute approximate surface area is 116 Å². The number of fused-ring (bicyclic) bond motifs is 1. The summed E-state index contributed by atoms with van der Waals surface area (Å²) in [7, 11) is 0. The molecular formula is C15H16N2OS. The molecule has 4 heteroatoms. The number of carbonyl (C=O) groups is 1. The van der Waals surface area contributed by atoms with Gasteiger partial charge in [-0.1, -0.05) is 6.07 Å². The first kappa shape index (κ1) is 12.4. The summed E-state index contributed by atoms with van der Waals surface area (Å²) < 4.78 is 0. The number of nitrogens with one attached hydrogen (secondary N) is 1. The number of hydrogen-bond donors (Lipinski definition) is 1. The van der Waals surface area contributed by atoms with Crippen LogP contribution < -0.4 is 5.32 Å². The van der Waals surface area contributed by atoms with Crippen LogP contribution in [0.25, 0.3) is 0 Å². The van der Waals surface area contributed by atoms with Crippen LogP contribution in [-0.4, -0.2) is 10.9 Å². The third kappa shape index (κ3) is 2.68. The molecule has 1 N–H and O–H groups in total. The van der Waals surface area contributed by atoms with E-state index in [1.54, 1.807) is 17.5 Å². The lowest BCUT2D eigenvalue weighted by atomic mass is 9.99. The maximum atomic E-state index is 12.2. The molecule has 0 fully saturated rings. The zero-order valence-electron chi connectivity index (χ0n) is 10.9. The second-order valence-corrected chi connectivity index (χ2v) is 6.08. The average Bonchev–Trinajstić information content (AvgIpc) is 2.85. The van der Waals surface area contributed by atoms with Crippen molar-refractivity contribution in [2.75, 3.05) is 5.32 Å². The Morgan fingerprint density at radius 3 is 2.89 bits per heavy atom. The van der Waals surface area contributed by atoms with Crippen LogP contribution >= 0.6 is 11.3 Å². The van der Waals surface area contributed by atoms with Crippen LogP contribution in [0.4, 0.5) is 5.82 Å². The minimum Gasteiger partial charge on any atom is -0.306 e. The van der Waals surface area contributed by atoms with E-state index in [2.05, 4.69) is 10.3 Å². The minimum atomic E-state index is -0.0456. The summed E-state index contributed by atoms with van der Waals surface area (Å²) in [6.45, 7) is 1.98. The normalized spacial score (nSPS) is 13.9. The van der Waals surface area contributed by atoms with Gasteiger partial charge in [0.15, 0.2) is 0 Å². The van der Waals surface area contributed by atoms with Gasteiger partial charge >= 0.3 is 0 Å². The molecule has 19 heavy (non-hydrogen) atoms. The zero-order valence-corrected chi connectivity index (χ0v) is 11.7. The Kier molecular flexibility index (Phi) is 3.34. The molecule has 2 aromatic heterocycles. The summed E-state index contributed by atoms with van der Waals surface area (Å²) in [6.07, 6.45) is 6.48. The van der Waals surface area contributed by atoms with Crippen molar-refractivity contribution in [3.63, 3.8) is 0 Å². The molecule has 0 spiro atoms. The van der Waals surface area contributed by atoms with Gasteiger partial charge in [0.25, 0.3) is 5.91 Å². The van der Waals surface area contributed by atoms with Gasteiger partial charge in [-0.2, -0.15) is 0 Å². The van der Waals surface area contributed by atoms with Crippen LogP contribution in [0.5, 0.6) is 0 Å². The molecule has 0 atom stereocenters. The van der Waals surface area contributed by atoms with E-state index in [0.29, 0.717) is 5.82 Å². The van der Waals surface area contributed by atoms with Gasteiger partial charge in [-0.25, -0.2) is 4.98 Å². The smallest absolute Gasteiger partial charge is 0.266 e. The highest BCUT2D eigenvalue weighted by Gasteiger charge is 2.17. The Balaban J connectivity index is 1.76. The predicted molar refractivity (Wildman–Crippen MR) is 77.9 cm³/mol. The first-order valence-electron chi connectivity index (χ1n) is 6.58. The number of pyridine rings is 1. The van der Waals surface area contributed by atoms with Gasteiger partial charge in [-0.3, -0.25) is 4.79 Å². The topological polar surface area (TPSA) is 42.0 Å². The molecule has 2 heterocycles. The van der Waals surface area contributed by atoms with E-state index < -0.39 is 0 Å². The summed E-state index contributed by atoms with van der Waals surface area (Å²) >= 11 is 1.63. The Hall–Kier alpha value is -1.68. The molecule has 2 aromatic rings. The van der Waals surface area contributed by atoms with Crippen molar-refractivity contribution in [3.8, 4) is 0 Å². The molecule has 3 nitrogen and oxygen atoms in total. The number of anilines is 1. The maximum Gasteiger partial charge on any atom is 0.266 e. The van der Waals surface area contributed by atoms with Crippen LogP contribution in [0.3, 0.4) is 0 Å². The highest BCUT2D eigenvalue weighted by Crippen LogP contribution is 2.29. The fourth-order valence-corrected chi connectivity index (χ4v) is 3.47. The molecule has 0 saturated carbocycles. The molecule has 0 aliphatic heterocycles. The van der Waals surface area contributed by atoms with E-state index in [9.17, 15) is 4.79 Å². The van der Waals surface area contributed by atoms with E-state index in [1.807, 2.05) is 25.1 Å². The van der Waals surface area contributed by atoms with Gasteiger partial charge < -0.3 is 5.32 Å². The highest BCUT2D eigenvalue weighted by atomic mass is 32.1. The van der Waals surface area contributed by atoms with E-state index >= 15 is 0 Å². The van der Waals surface area contributed by atoms with Crippen LogP contribution in [0, 0.1) is 6.92 Å². The third-order valence-electron chi connectivity index (χ3n) is 3.37. The molecule has 1 aliphatic rings. The van der Waals surface area contributed by atoms with Gasteiger partial charge in [-0.05, 0) is 55.9 Å². The van der Waals surface area contributed by atoms with Crippen LogP contribution in [-0.2, 0) is 12.8 Å². The van der Waals surface area contributed by atoms with Gasteiger partial charge in [0.2, 0.25) is 0 Å². The third-order valence-corrected chi connectivity index (χ3v) is 4.61. The van der Waals surface area contributed by atoms with Crippen molar-refractivity contribution in [2.24, 2.45) is 0 Å². The first-order chi connectivity index (χ1) is 9.22. The fraction of sp³-hybridized carbons (Fsp3) is 0.333. The van der Waals surface area contributed by atoms with Crippen molar-refractivity contribution in [1.82, 2.24) is 4.98 Å². The van der Waals surface area contributed by atoms with Gasteiger partial charge in [0.1, 0.15) is 5.82 Å². The molecule has 0 saturated heterocycles. The monoisotopic (exact) mass is 272 g/mol. The van der Waals surface area contributed by atoms with Crippen molar-refractivity contribution >= 4 is 23.1 Å². The lowest BCUT2D eigenvalue weighted by Crippen LogP contribution is -2.11. The number of rotatable bonds is 2. The van der Waals surface area contributed by atoms with Gasteiger partial charge in [-0.15, -0.1) is 11.3 Å². The molecule has 0 bridgehead atoms. The second kappa shape index (κ2) is 5.13. The SMILES string of the molecule is Cc1ccc(NC(=O)c2cc3c(s2)CCCC3)nc1. The van der Waals surface area contributed by atoms with Gasteiger partial charge in [0.05, 0.1) is 4.88 Å². The molecule has 0 aromatic carbocycles. The minimum absolute atomic E-state index is 0.0456. The van der Waals surface area contributed by atoms with Crippen molar-refractivity contribution in [2.45, 2.75) is 32.6 Å². The Bertz CT molecular complexity index is 578. The maximum absolute atomic E-state index is 12.2. The lowest BCUT2D eigenvalue weighted by Gasteiger charge is -2.08. The van der Waals surface area contributed by atoms with E-state index in [1.165, 1.54) is 23.3 Å². The van der Waals surface area contributed by atoms with Crippen LogP contribution in [0.15, 0.2) is 24.4 Å². The molecule has 1 aliphatic carbocycles. The van der Waals surface area contributed by atoms with E-state index in [0.717, 1.165) is 23.3 Å². The molecule has 1 amide bonds. The summed E-state index contributed by atoms with van der Waals surface area (Å²) in [6, 6.07) is 5.82. The number of aromatic nitrogens is 1. The summed E-state index contributed by atoms with van der Waals surface area (Å²) in [5, 5.41) is 2.85. The molecule has 98 valence electrons. The zero-order chi connectivity index (χ0) is 13.2. The predicted octanol–water partition coefficient (Wildman–Crippen LogP) is 3.58. The number of thiophene rings is 1. The lowest BCUT2D eigenvalue weighted by molar-refractivity contribution is 0.103. The number of amides is 1.